The molecular weight excluding hydrogens is 244 g/mol. The molecule has 0 radical (unpaired) electrons. The maximum Gasteiger partial charge on any atom is 0.200 e. The zero-order valence-corrected chi connectivity index (χ0v) is 11.3. The van der Waals surface area contributed by atoms with Gasteiger partial charge in [-0.1, -0.05) is 6.07 Å². The normalized spacial score (nSPS) is 17.7. The fourth-order valence-corrected chi connectivity index (χ4v) is 2.43. The summed E-state index contributed by atoms with van der Waals surface area (Å²) in [6.45, 7) is 3.68. The Labute approximate surface area is 113 Å². The first kappa shape index (κ1) is 14.0. The number of phenols is 3. The van der Waals surface area contributed by atoms with E-state index in [1.165, 1.54) is 18.9 Å². The van der Waals surface area contributed by atoms with E-state index in [1.54, 1.807) is 6.07 Å². The van der Waals surface area contributed by atoms with Crippen LogP contribution < -0.4 is 5.32 Å². The van der Waals surface area contributed by atoms with E-state index >= 15 is 0 Å². The number of likely N-dealkylation sites (tertiary alicyclic amines) is 1. The molecule has 1 aromatic rings. The Morgan fingerprint density at radius 2 is 1.84 bits per heavy atom. The molecule has 1 fully saturated rings. The highest BCUT2D eigenvalue weighted by Crippen LogP contribution is 2.36. The first-order chi connectivity index (χ1) is 9.08. The largest absolute Gasteiger partial charge is 0.504 e. The van der Waals surface area contributed by atoms with Crippen molar-refractivity contribution in [2.24, 2.45) is 5.92 Å². The summed E-state index contributed by atoms with van der Waals surface area (Å²) in [5, 5.41) is 31.7. The van der Waals surface area contributed by atoms with Crippen LogP contribution in [0, 0.1) is 5.92 Å². The van der Waals surface area contributed by atoms with Crippen LogP contribution in [0.1, 0.15) is 18.4 Å². The smallest absolute Gasteiger partial charge is 0.200 e. The van der Waals surface area contributed by atoms with Crippen molar-refractivity contribution in [2.75, 3.05) is 26.7 Å². The summed E-state index contributed by atoms with van der Waals surface area (Å²) < 4.78 is 0. The average Bonchev–Trinajstić information content (AvgIpc) is 2.41. The highest BCUT2D eigenvalue weighted by atomic mass is 16.3. The van der Waals surface area contributed by atoms with E-state index in [4.69, 9.17) is 0 Å². The van der Waals surface area contributed by atoms with Gasteiger partial charge < -0.3 is 25.5 Å². The second-order valence-corrected chi connectivity index (χ2v) is 5.32. The summed E-state index contributed by atoms with van der Waals surface area (Å²) in [5.41, 5.74) is 0.600. The molecule has 0 spiro atoms. The van der Waals surface area contributed by atoms with Crippen LogP contribution in [0.25, 0.3) is 0 Å². The fraction of sp³-hybridized carbons (Fsp3) is 0.571. The Hall–Kier alpha value is -1.46. The number of piperidine rings is 1. The molecule has 1 aliphatic heterocycles. The quantitative estimate of drug-likeness (QED) is 0.617. The summed E-state index contributed by atoms with van der Waals surface area (Å²) in [7, 11) is 2.14. The number of nitrogens with zero attached hydrogens (tertiary/aromatic N) is 1. The summed E-state index contributed by atoms with van der Waals surface area (Å²) >= 11 is 0. The predicted molar refractivity (Wildman–Crippen MR) is 73.4 cm³/mol. The lowest BCUT2D eigenvalue weighted by Crippen LogP contribution is -2.34. The molecule has 1 aromatic carbocycles. The fourth-order valence-electron chi connectivity index (χ4n) is 2.43. The van der Waals surface area contributed by atoms with Crippen LogP contribution in [-0.4, -0.2) is 46.9 Å². The zero-order chi connectivity index (χ0) is 13.8. The van der Waals surface area contributed by atoms with Crippen LogP contribution in [-0.2, 0) is 6.54 Å². The first-order valence-electron chi connectivity index (χ1n) is 6.70. The van der Waals surface area contributed by atoms with Crippen molar-refractivity contribution in [1.82, 2.24) is 10.2 Å². The van der Waals surface area contributed by atoms with E-state index in [0.717, 1.165) is 19.6 Å². The molecule has 1 saturated heterocycles. The molecule has 0 amide bonds. The van der Waals surface area contributed by atoms with Gasteiger partial charge in [0.05, 0.1) is 0 Å². The van der Waals surface area contributed by atoms with Gasteiger partial charge in [0.1, 0.15) is 0 Å². The monoisotopic (exact) mass is 266 g/mol. The van der Waals surface area contributed by atoms with Gasteiger partial charge in [0.2, 0.25) is 5.75 Å². The predicted octanol–water partition coefficient (Wildman–Crippen LogP) is 1.23. The molecule has 0 saturated carbocycles. The second-order valence-electron chi connectivity index (χ2n) is 5.32. The van der Waals surface area contributed by atoms with Crippen molar-refractivity contribution < 1.29 is 15.3 Å². The van der Waals surface area contributed by atoms with Gasteiger partial charge in [-0.3, -0.25) is 0 Å². The summed E-state index contributed by atoms with van der Waals surface area (Å²) in [5.74, 6) is -0.310. The molecule has 0 aliphatic carbocycles. The molecule has 0 atom stereocenters. The van der Waals surface area contributed by atoms with Gasteiger partial charge in [-0.2, -0.15) is 0 Å². The summed E-state index contributed by atoms with van der Waals surface area (Å²) in [6, 6.07) is 3.01. The molecule has 5 nitrogen and oxygen atoms in total. The zero-order valence-electron chi connectivity index (χ0n) is 11.3. The third kappa shape index (κ3) is 3.52. The lowest BCUT2D eigenvalue weighted by atomic mass is 9.97. The number of aromatic hydroxyl groups is 3. The van der Waals surface area contributed by atoms with Gasteiger partial charge in [0.25, 0.3) is 0 Å². The molecule has 0 unspecified atom stereocenters. The van der Waals surface area contributed by atoms with Gasteiger partial charge in [0, 0.05) is 12.1 Å². The standard InChI is InChI=1S/C14H22N2O3/c1-16-6-4-10(5-7-16)8-15-9-11-2-3-12(17)14(19)13(11)18/h2-3,10,15,17-19H,4-9H2,1H3. The number of hydrogen-bond acceptors (Lipinski definition) is 5. The van der Waals surface area contributed by atoms with Crippen LogP contribution in [0.3, 0.4) is 0 Å². The van der Waals surface area contributed by atoms with Crippen molar-refractivity contribution in [3.63, 3.8) is 0 Å². The highest BCUT2D eigenvalue weighted by molar-refractivity contribution is 5.52. The molecule has 0 bridgehead atoms. The minimum Gasteiger partial charge on any atom is -0.504 e. The van der Waals surface area contributed by atoms with Crippen LogP contribution in [0.15, 0.2) is 12.1 Å². The number of nitrogens with one attached hydrogen (secondary N) is 1. The second kappa shape index (κ2) is 6.12. The van der Waals surface area contributed by atoms with Crippen molar-refractivity contribution in [3.05, 3.63) is 17.7 Å². The Kier molecular flexibility index (Phi) is 4.50. The molecule has 106 valence electrons. The van der Waals surface area contributed by atoms with Gasteiger partial charge in [-0.05, 0) is 51.5 Å². The molecule has 5 heteroatoms. The van der Waals surface area contributed by atoms with Crippen molar-refractivity contribution >= 4 is 0 Å². The minimum absolute atomic E-state index is 0.240. The number of phenolic OH excluding ortho intramolecular Hbond substituents is 3. The van der Waals surface area contributed by atoms with E-state index in [2.05, 4.69) is 17.3 Å². The van der Waals surface area contributed by atoms with E-state index in [-0.39, 0.29) is 11.5 Å². The highest BCUT2D eigenvalue weighted by Gasteiger charge is 2.16. The molecule has 0 aromatic heterocycles. The number of rotatable bonds is 4. The first-order valence-corrected chi connectivity index (χ1v) is 6.70. The molecule has 1 heterocycles. The molecule has 19 heavy (non-hydrogen) atoms. The SMILES string of the molecule is CN1CCC(CNCc2ccc(O)c(O)c2O)CC1. The van der Waals surface area contributed by atoms with Crippen LogP contribution in [0.2, 0.25) is 0 Å². The topological polar surface area (TPSA) is 76.0 Å². The van der Waals surface area contributed by atoms with E-state index in [1.807, 2.05) is 0 Å². The molecule has 2 rings (SSSR count). The third-order valence-electron chi connectivity index (χ3n) is 3.80. The van der Waals surface area contributed by atoms with Crippen LogP contribution in [0.4, 0.5) is 0 Å². The Balaban J connectivity index is 1.81. The minimum atomic E-state index is -0.446. The maximum atomic E-state index is 9.69. The number of hydrogen-bond donors (Lipinski definition) is 4. The van der Waals surface area contributed by atoms with E-state index in [9.17, 15) is 15.3 Å². The molecule has 1 aliphatic rings. The maximum absolute atomic E-state index is 9.69. The molecular formula is C14H22N2O3. The Morgan fingerprint density at radius 3 is 2.53 bits per heavy atom. The summed E-state index contributed by atoms with van der Waals surface area (Å²) in [4.78, 5) is 2.33. The van der Waals surface area contributed by atoms with Crippen molar-refractivity contribution in [3.8, 4) is 17.2 Å². The van der Waals surface area contributed by atoms with E-state index in [0.29, 0.717) is 18.0 Å². The number of benzene rings is 1. The Bertz CT molecular complexity index is 429. The average molecular weight is 266 g/mol. The van der Waals surface area contributed by atoms with Gasteiger partial charge in [0.15, 0.2) is 11.5 Å². The van der Waals surface area contributed by atoms with Crippen LogP contribution in [0.5, 0.6) is 17.2 Å². The third-order valence-corrected chi connectivity index (χ3v) is 3.80. The van der Waals surface area contributed by atoms with Crippen molar-refractivity contribution in [1.29, 1.82) is 0 Å². The Morgan fingerprint density at radius 1 is 1.16 bits per heavy atom. The van der Waals surface area contributed by atoms with Gasteiger partial charge in [-0.25, -0.2) is 0 Å². The molecule has 4 N–H and O–H groups in total. The lowest BCUT2D eigenvalue weighted by molar-refractivity contribution is 0.216. The summed E-state index contributed by atoms with van der Waals surface area (Å²) in [6.07, 6.45) is 2.38. The van der Waals surface area contributed by atoms with E-state index < -0.39 is 5.75 Å². The van der Waals surface area contributed by atoms with Crippen LogP contribution >= 0.6 is 0 Å². The van der Waals surface area contributed by atoms with Gasteiger partial charge in [-0.15, -0.1) is 0 Å². The van der Waals surface area contributed by atoms with Crippen molar-refractivity contribution in [2.45, 2.75) is 19.4 Å². The lowest BCUT2D eigenvalue weighted by Gasteiger charge is -2.29. The van der Waals surface area contributed by atoms with Gasteiger partial charge >= 0.3 is 0 Å².